The number of allylic oxidation sites excluding steroid dienone is 4. The molecular weight excluding hydrogens is 508 g/mol. The quantitative estimate of drug-likeness (QED) is 0.332. The van der Waals surface area contributed by atoms with E-state index >= 15 is 0 Å². The van der Waals surface area contributed by atoms with Crippen molar-refractivity contribution in [2.45, 2.75) is 57.7 Å². The summed E-state index contributed by atoms with van der Waals surface area (Å²) in [5.74, 6) is -0.0441. The number of piperidine rings is 1. The molecule has 2 unspecified atom stereocenters. The van der Waals surface area contributed by atoms with E-state index in [0.717, 1.165) is 41.6 Å². The van der Waals surface area contributed by atoms with Crippen molar-refractivity contribution in [1.82, 2.24) is 20.0 Å². The first-order chi connectivity index (χ1) is 19.4. The molecule has 1 aliphatic carbocycles. The number of carboxylic acids is 1. The first kappa shape index (κ1) is 26.2. The lowest BCUT2D eigenvalue weighted by molar-refractivity contribution is -0.144. The lowest BCUT2D eigenvalue weighted by atomic mass is 9.67. The van der Waals surface area contributed by atoms with Crippen molar-refractivity contribution in [1.29, 1.82) is 0 Å². The fraction of sp³-hybridized carbons (Fsp3) is 0.355. The van der Waals surface area contributed by atoms with Gasteiger partial charge >= 0.3 is 5.97 Å². The summed E-state index contributed by atoms with van der Waals surface area (Å²) in [4.78, 5) is 23.3. The van der Waals surface area contributed by atoms with Gasteiger partial charge in [0.25, 0.3) is 5.89 Å². The van der Waals surface area contributed by atoms with Crippen molar-refractivity contribution in [2.24, 2.45) is 5.92 Å². The largest absolute Gasteiger partial charge is 0.480 e. The van der Waals surface area contributed by atoms with E-state index in [4.69, 9.17) is 13.9 Å². The topological polar surface area (TPSA) is 126 Å². The van der Waals surface area contributed by atoms with Crippen molar-refractivity contribution in [3.63, 3.8) is 0 Å². The molecule has 2 N–H and O–H groups in total. The van der Waals surface area contributed by atoms with E-state index in [1.165, 1.54) is 0 Å². The second-order valence-corrected chi connectivity index (χ2v) is 10.7. The van der Waals surface area contributed by atoms with Crippen LogP contribution in [0.1, 0.15) is 60.5 Å². The molecule has 9 nitrogen and oxygen atoms in total. The molecule has 3 atom stereocenters. The maximum absolute atomic E-state index is 11.8. The number of likely N-dealkylation sites (tertiary alicyclic amines) is 1. The number of aryl methyl sites for hydroxylation is 1. The van der Waals surface area contributed by atoms with E-state index in [9.17, 15) is 15.0 Å². The average molecular weight is 541 g/mol. The van der Waals surface area contributed by atoms with Crippen LogP contribution in [0.3, 0.4) is 0 Å². The Bertz CT molecular complexity index is 1620. The van der Waals surface area contributed by atoms with Crippen molar-refractivity contribution in [3.8, 4) is 0 Å². The van der Waals surface area contributed by atoms with Crippen LogP contribution >= 0.6 is 0 Å². The van der Waals surface area contributed by atoms with E-state index in [1.54, 1.807) is 0 Å². The van der Waals surface area contributed by atoms with Crippen molar-refractivity contribution >= 4 is 22.6 Å². The normalized spacial score (nSPS) is 23.4. The molecular formula is C31H32N4O5. The summed E-state index contributed by atoms with van der Waals surface area (Å²) >= 11 is 0. The fourth-order valence-corrected chi connectivity index (χ4v) is 6.11. The number of aliphatic hydroxyl groups is 1. The van der Waals surface area contributed by atoms with Crippen LogP contribution in [-0.2, 0) is 23.4 Å². The maximum Gasteiger partial charge on any atom is 0.320 e. The number of oxazole rings is 1. The number of aromatic nitrogens is 3. The summed E-state index contributed by atoms with van der Waals surface area (Å²) in [5, 5.41) is 23.6. The Morgan fingerprint density at radius 3 is 2.80 bits per heavy atom. The highest BCUT2D eigenvalue weighted by Gasteiger charge is 2.49. The van der Waals surface area contributed by atoms with Gasteiger partial charge in [-0.05, 0) is 60.7 Å². The number of aliphatic carboxylic acids is 1. The van der Waals surface area contributed by atoms with Crippen LogP contribution in [-0.4, -0.2) is 48.8 Å². The minimum Gasteiger partial charge on any atom is -0.480 e. The van der Waals surface area contributed by atoms with E-state index in [-0.39, 0.29) is 18.4 Å². The van der Waals surface area contributed by atoms with Crippen molar-refractivity contribution < 1.29 is 23.9 Å². The van der Waals surface area contributed by atoms with Crippen molar-refractivity contribution in [2.75, 3.05) is 6.54 Å². The van der Waals surface area contributed by atoms with Crippen LogP contribution < -0.4 is 0 Å². The molecule has 1 aliphatic heterocycles. The molecule has 0 bridgehead atoms. The zero-order valence-corrected chi connectivity index (χ0v) is 22.6. The Morgan fingerprint density at radius 1 is 1.18 bits per heavy atom. The lowest BCUT2D eigenvalue weighted by Gasteiger charge is -2.35. The second kappa shape index (κ2) is 10.5. The van der Waals surface area contributed by atoms with Gasteiger partial charge < -0.3 is 19.2 Å². The second-order valence-electron chi connectivity index (χ2n) is 10.7. The third kappa shape index (κ3) is 4.45. The molecule has 2 aromatic carbocycles. The summed E-state index contributed by atoms with van der Waals surface area (Å²) in [6, 6.07) is 13.6. The molecule has 0 saturated carbocycles. The minimum atomic E-state index is -0.982. The predicted molar refractivity (Wildman–Crippen MR) is 148 cm³/mol. The molecule has 3 heterocycles. The van der Waals surface area contributed by atoms with Crippen LogP contribution in [0.2, 0.25) is 0 Å². The Labute approximate surface area is 231 Å². The van der Waals surface area contributed by atoms with Gasteiger partial charge in [-0.25, -0.2) is 4.98 Å². The lowest BCUT2D eigenvalue weighted by Crippen LogP contribution is -2.43. The third-order valence-electron chi connectivity index (χ3n) is 8.30. The van der Waals surface area contributed by atoms with Crippen LogP contribution in [0.5, 0.6) is 0 Å². The average Bonchev–Trinajstić information content (AvgIpc) is 3.62. The van der Waals surface area contributed by atoms with Gasteiger partial charge in [-0.1, -0.05) is 67.1 Å². The number of carbonyl (C=O) groups is 1. The zero-order valence-electron chi connectivity index (χ0n) is 22.6. The molecule has 0 amide bonds. The molecule has 0 radical (unpaired) electrons. The summed E-state index contributed by atoms with van der Waals surface area (Å²) in [5.41, 5.74) is 4.63. The zero-order chi connectivity index (χ0) is 27.9. The summed E-state index contributed by atoms with van der Waals surface area (Å²) in [7, 11) is 0. The van der Waals surface area contributed by atoms with Gasteiger partial charge in [0, 0.05) is 12.5 Å². The van der Waals surface area contributed by atoms with Crippen LogP contribution in [0.15, 0.2) is 69.6 Å². The smallest absolute Gasteiger partial charge is 0.320 e. The number of fused-ring (bicyclic) bond motifs is 1. The van der Waals surface area contributed by atoms with E-state index in [0.29, 0.717) is 35.8 Å². The van der Waals surface area contributed by atoms with Gasteiger partial charge in [0.1, 0.15) is 23.6 Å². The highest BCUT2D eigenvalue weighted by molar-refractivity contribution is 5.77. The van der Waals surface area contributed by atoms with Gasteiger partial charge in [-0.3, -0.25) is 9.69 Å². The maximum atomic E-state index is 11.8. The Morgan fingerprint density at radius 2 is 2.02 bits per heavy atom. The Kier molecular flexibility index (Phi) is 6.85. The molecule has 206 valence electrons. The van der Waals surface area contributed by atoms with Crippen LogP contribution in [0.25, 0.3) is 16.7 Å². The fourth-order valence-electron chi connectivity index (χ4n) is 6.11. The van der Waals surface area contributed by atoms with Gasteiger partial charge in [0.2, 0.25) is 5.89 Å². The molecule has 1 saturated heterocycles. The van der Waals surface area contributed by atoms with Crippen LogP contribution in [0.4, 0.5) is 0 Å². The van der Waals surface area contributed by atoms with Gasteiger partial charge in [0.05, 0.1) is 0 Å². The molecule has 40 heavy (non-hydrogen) atoms. The third-order valence-corrected chi connectivity index (χ3v) is 8.30. The number of hydrogen-bond donors (Lipinski definition) is 2. The molecule has 1 fully saturated rings. The van der Waals surface area contributed by atoms with Gasteiger partial charge in [-0.2, -0.15) is 4.98 Å². The molecule has 9 heteroatoms. The monoisotopic (exact) mass is 540 g/mol. The standard InChI is InChI=1S/C31H32N4O5/c1-19-8-3-4-9-22(19)23-10-7-14-31(20(23)2,29-33-27(18-36)40-34-29)30-32-24-16-21(12-13-26(24)39-30)17-35-15-6-5-11-25(35)28(37)38/h3-4,7-10,12-14,16,20,25,36H,5-6,11,15,17-18H2,1-2H3,(H,37,38)/t20?,25-,31?/m0/s1. The molecule has 2 aliphatic rings. The first-order valence-corrected chi connectivity index (χ1v) is 13.7. The number of aliphatic hydroxyl groups excluding tert-OH is 1. The van der Waals surface area contributed by atoms with E-state index < -0.39 is 17.4 Å². The predicted octanol–water partition coefficient (Wildman–Crippen LogP) is 5.03. The Hall–Kier alpha value is -4.08. The summed E-state index contributed by atoms with van der Waals surface area (Å²) in [6.07, 6.45) is 8.64. The molecule has 6 rings (SSSR count). The van der Waals surface area contributed by atoms with Crippen molar-refractivity contribution in [3.05, 3.63) is 95.0 Å². The molecule has 4 aromatic rings. The number of hydrogen-bond acceptors (Lipinski definition) is 8. The summed E-state index contributed by atoms with van der Waals surface area (Å²) in [6.45, 7) is 5.09. The van der Waals surface area contributed by atoms with E-state index in [2.05, 4.69) is 42.2 Å². The minimum absolute atomic E-state index is 0.120. The van der Waals surface area contributed by atoms with Gasteiger partial charge in [-0.15, -0.1) is 0 Å². The van der Waals surface area contributed by atoms with Crippen LogP contribution in [0, 0.1) is 12.8 Å². The van der Waals surface area contributed by atoms with E-state index in [1.807, 2.05) is 47.4 Å². The number of rotatable bonds is 7. The number of nitrogens with zero attached hydrogens (tertiary/aromatic N) is 4. The first-order valence-electron chi connectivity index (χ1n) is 13.7. The SMILES string of the molecule is Cc1ccccc1C1=CC=CC(c2noc(CO)n2)(c2nc3cc(CN4CCCC[C@H]4C(=O)O)ccc3o2)C1C. The number of carboxylic acid groups (broad SMARTS) is 1. The molecule has 0 spiro atoms. The molecule has 2 aromatic heterocycles. The summed E-state index contributed by atoms with van der Waals surface area (Å²) < 4.78 is 11.8. The highest BCUT2D eigenvalue weighted by atomic mass is 16.5. The number of benzene rings is 2. The highest BCUT2D eigenvalue weighted by Crippen LogP contribution is 2.48. The Balaban J connectivity index is 1.42. The van der Waals surface area contributed by atoms with Gasteiger partial charge in [0.15, 0.2) is 11.4 Å².